The topological polar surface area (TPSA) is 81.4 Å². The van der Waals surface area contributed by atoms with Gasteiger partial charge in [0.1, 0.15) is 5.75 Å². The van der Waals surface area contributed by atoms with E-state index in [0.29, 0.717) is 12.4 Å². The minimum Gasteiger partial charge on any atom is -0.494 e. The van der Waals surface area contributed by atoms with Crippen molar-refractivity contribution in [3.05, 3.63) is 23.8 Å². The smallest absolute Gasteiger partial charge is 0.240 e. The highest BCUT2D eigenvalue weighted by Gasteiger charge is 2.17. The number of sulfonamides is 1. The van der Waals surface area contributed by atoms with E-state index in [2.05, 4.69) is 4.72 Å². The molecule has 0 saturated heterocycles. The first kappa shape index (κ1) is 14.9. The first-order valence-electron chi connectivity index (χ1n) is 5.86. The second-order valence-corrected chi connectivity index (χ2v) is 5.83. The molecule has 0 aliphatic heterocycles. The summed E-state index contributed by atoms with van der Waals surface area (Å²) < 4.78 is 31.9. The highest BCUT2D eigenvalue weighted by molar-refractivity contribution is 7.89. The fourth-order valence-corrected chi connectivity index (χ4v) is 2.83. The van der Waals surface area contributed by atoms with Crippen LogP contribution in [0, 0.1) is 6.92 Å². The quantitative estimate of drug-likeness (QED) is 0.810. The number of hydrogen-bond donors (Lipinski definition) is 2. The molecule has 1 atom stereocenters. The number of nitrogens with two attached hydrogens (primary N) is 1. The van der Waals surface area contributed by atoms with Crippen molar-refractivity contribution in [3.63, 3.8) is 0 Å². The molecule has 5 nitrogen and oxygen atoms in total. The maximum absolute atomic E-state index is 12.0. The van der Waals surface area contributed by atoms with E-state index < -0.39 is 10.0 Å². The van der Waals surface area contributed by atoms with Gasteiger partial charge in [0.05, 0.1) is 11.5 Å². The van der Waals surface area contributed by atoms with Crippen LogP contribution in [0.5, 0.6) is 5.75 Å². The van der Waals surface area contributed by atoms with Gasteiger partial charge in [-0.3, -0.25) is 0 Å². The number of ether oxygens (including phenoxy) is 1. The summed E-state index contributed by atoms with van der Waals surface area (Å²) in [7, 11) is -3.51. The lowest BCUT2D eigenvalue weighted by molar-refractivity contribution is 0.337. The average Bonchev–Trinajstić information content (AvgIpc) is 2.31. The third kappa shape index (κ3) is 3.69. The van der Waals surface area contributed by atoms with Gasteiger partial charge in [0.15, 0.2) is 0 Å². The van der Waals surface area contributed by atoms with Gasteiger partial charge in [-0.2, -0.15) is 0 Å². The van der Waals surface area contributed by atoms with E-state index in [4.69, 9.17) is 10.5 Å². The summed E-state index contributed by atoms with van der Waals surface area (Å²) in [5.74, 6) is 0.698. The Morgan fingerprint density at radius 3 is 2.61 bits per heavy atom. The maximum atomic E-state index is 12.0. The van der Waals surface area contributed by atoms with Crippen LogP contribution in [-0.2, 0) is 10.0 Å². The predicted molar refractivity (Wildman–Crippen MR) is 71.2 cm³/mol. The van der Waals surface area contributed by atoms with E-state index in [1.165, 1.54) is 6.07 Å². The summed E-state index contributed by atoms with van der Waals surface area (Å²) in [5.41, 5.74) is 6.20. The second kappa shape index (κ2) is 6.17. The van der Waals surface area contributed by atoms with Gasteiger partial charge in [0, 0.05) is 12.6 Å². The Balaban J connectivity index is 3.00. The van der Waals surface area contributed by atoms with E-state index in [-0.39, 0.29) is 17.5 Å². The zero-order valence-electron chi connectivity index (χ0n) is 10.9. The zero-order valence-corrected chi connectivity index (χ0v) is 11.8. The van der Waals surface area contributed by atoms with E-state index >= 15 is 0 Å². The fourth-order valence-electron chi connectivity index (χ4n) is 1.49. The molecule has 0 bridgehead atoms. The Kier molecular flexibility index (Phi) is 5.13. The van der Waals surface area contributed by atoms with Crippen LogP contribution in [0.4, 0.5) is 0 Å². The molecule has 0 fully saturated rings. The van der Waals surface area contributed by atoms with Crippen LogP contribution in [0.25, 0.3) is 0 Å². The standard InChI is InChI=1S/C12H20N2O3S/c1-4-17-12-6-5-11(7-9(12)2)18(15,16)14-10(3)8-13/h5-7,10,14H,4,8,13H2,1-3H3/t10-/m1/s1. The average molecular weight is 272 g/mol. The number of hydrogen-bond acceptors (Lipinski definition) is 4. The first-order chi connectivity index (χ1) is 8.40. The van der Waals surface area contributed by atoms with Crippen LogP contribution in [0.15, 0.2) is 23.1 Å². The van der Waals surface area contributed by atoms with E-state index in [0.717, 1.165) is 5.56 Å². The van der Waals surface area contributed by atoms with E-state index in [9.17, 15) is 8.42 Å². The summed E-state index contributed by atoms with van der Waals surface area (Å²) in [4.78, 5) is 0.226. The van der Waals surface area contributed by atoms with Gasteiger partial charge in [-0.15, -0.1) is 0 Å². The lowest BCUT2D eigenvalue weighted by Crippen LogP contribution is -2.37. The van der Waals surface area contributed by atoms with Crippen molar-refractivity contribution in [2.45, 2.75) is 31.7 Å². The van der Waals surface area contributed by atoms with Crippen LogP contribution in [0.1, 0.15) is 19.4 Å². The maximum Gasteiger partial charge on any atom is 0.240 e. The van der Waals surface area contributed by atoms with Gasteiger partial charge in [-0.1, -0.05) is 0 Å². The normalized spacial score (nSPS) is 13.3. The highest BCUT2D eigenvalue weighted by Crippen LogP contribution is 2.21. The monoisotopic (exact) mass is 272 g/mol. The first-order valence-corrected chi connectivity index (χ1v) is 7.35. The van der Waals surface area contributed by atoms with Crippen LogP contribution in [-0.4, -0.2) is 27.6 Å². The molecular formula is C12H20N2O3S. The van der Waals surface area contributed by atoms with Crippen LogP contribution < -0.4 is 15.2 Å². The summed E-state index contributed by atoms with van der Waals surface area (Å²) in [5, 5.41) is 0. The van der Waals surface area contributed by atoms with Crippen molar-refractivity contribution in [3.8, 4) is 5.75 Å². The molecule has 0 aliphatic carbocycles. The van der Waals surface area contributed by atoms with Crippen molar-refractivity contribution >= 4 is 10.0 Å². The fraction of sp³-hybridized carbons (Fsp3) is 0.500. The van der Waals surface area contributed by atoms with Gasteiger partial charge in [0.25, 0.3) is 0 Å². The Labute approximate surface area is 108 Å². The molecule has 0 aromatic heterocycles. The molecule has 0 amide bonds. The summed E-state index contributed by atoms with van der Waals surface area (Å²) in [6.45, 7) is 6.23. The number of nitrogens with one attached hydrogen (secondary N) is 1. The van der Waals surface area contributed by atoms with Gasteiger partial charge in [0.2, 0.25) is 10.0 Å². The van der Waals surface area contributed by atoms with E-state index in [1.807, 2.05) is 13.8 Å². The molecular weight excluding hydrogens is 252 g/mol. The molecule has 0 aliphatic rings. The summed E-state index contributed by atoms with van der Waals surface area (Å²) in [6, 6.07) is 4.50. The third-order valence-electron chi connectivity index (χ3n) is 2.47. The molecule has 1 aromatic rings. The van der Waals surface area contributed by atoms with Crippen molar-refractivity contribution in [2.24, 2.45) is 5.73 Å². The molecule has 3 N–H and O–H groups in total. The number of aryl methyl sites for hydroxylation is 1. The van der Waals surface area contributed by atoms with Crippen LogP contribution in [0.2, 0.25) is 0 Å². The van der Waals surface area contributed by atoms with Crippen molar-refractivity contribution in [1.29, 1.82) is 0 Å². The molecule has 1 aromatic carbocycles. The minimum absolute atomic E-state index is 0.226. The van der Waals surface area contributed by atoms with Crippen molar-refractivity contribution in [2.75, 3.05) is 13.2 Å². The number of rotatable bonds is 6. The Bertz CT molecular complexity index is 500. The molecule has 0 spiro atoms. The molecule has 6 heteroatoms. The molecule has 18 heavy (non-hydrogen) atoms. The van der Waals surface area contributed by atoms with Crippen LogP contribution >= 0.6 is 0 Å². The SMILES string of the molecule is CCOc1ccc(S(=O)(=O)N[C@H](C)CN)cc1C. The predicted octanol–water partition coefficient (Wildman–Crippen LogP) is 1.02. The largest absolute Gasteiger partial charge is 0.494 e. The molecule has 0 heterocycles. The van der Waals surface area contributed by atoms with Gasteiger partial charge in [-0.25, -0.2) is 13.1 Å². The highest BCUT2D eigenvalue weighted by atomic mass is 32.2. The second-order valence-electron chi connectivity index (χ2n) is 4.12. The third-order valence-corrected chi connectivity index (χ3v) is 4.05. The molecule has 1 rings (SSSR count). The van der Waals surface area contributed by atoms with Crippen LogP contribution in [0.3, 0.4) is 0 Å². The van der Waals surface area contributed by atoms with Crippen molar-refractivity contribution in [1.82, 2.24) is 4.72 Å². The summed E-state index contributed by atoms with van der Waals surface area (Å²) in [6.07, 6.45) is 0. The molecule has 0 unspecified atom stereocenters. The lowest BCUT2D eigenvalue weighted by Gasteiger charge is -2.13. The lowest BCUT2D eigenvalue weighted by atomic mass is 10.2. The Hall–Kier alpha value is -1.11. The Morgan fingerprint density at radius 1 is 1.44 bits per heavy atom. The summed E-state index contributed by atoms with van der Waals surface area (Å²) >= 11 is 0. The zero-order chi connectivity index (χ0) is 13.8. The minimum atomic E-state index is -3.51. The molecule has 102 valence electrons. The van der Waals surface area contributed by atoms with Crippen molar-refractivity contribution < 1.29 is 13.2 Å². The van der Waals surface area contributed by atoms with Gasteiger partial charge >= 0.3 is 0 Å². The van der Waals surface area contributed by atoms with Gasteiger partial charge in [-0.05, 0) is 44.5 Å². The van der Waals surface area contributed by atoms with Gasteiger partial charge < -0.3 is 10.5 Å². The molecule has 0 saturated carbocycles. The Morgan fingerprint density at radius 2 is 2.11 bits per heavy atom. The number of benzene rings is 1. The van der Waals surface area contributed by atoms with E-state index in [1.54, 1.807) is 19.1 Å². The molecule has 0 radical (unpaired) electrons.